The zero-order chi connectivity index (χ0) is 17.6. The predicted molar refractivity (Wildman–Crippen MR) is 103 cm³/mol. The maximum atomic E-state index is 12.3. The highest BCUT2D eigenvalue weighted by molar-refractivity contribution is 5.85. The van der Waals surface area contributed by atoms with Crippen molar-refractivity contribution < 1.29 is 9.32 Å². The van der Waals surface area contributed by atoms with E-state index < -0.39 is 0 Å². The maximum Gasteiger partial charge on any atom is 0.257 e. The number of hydrogen-bond acceptors (Lipinski definition) is 5. The first-order chi connectivity index (χ1) is 12.1. The minimum Gasteiger partial charge on any atom is -0.346 e. The van der Waals surface area contributed by atoms with Crippen LogP contribution in [-0.4, -0.2) is 29.1 Å². The van der Waals surface area contributed by atoms with Crippen molar-refractivity contribution in [3.05, 3.63) is 36.2 Å². The monoisotopic (exact) mass is 378 g/mol. The highest BCUT2D eigenvalue weighted by Crippen LogP contribution is 2.24. The zero-order valence-electron chi connectivity index (χ0n) is 15.3. The zero-order valence-corrected chi connectivity index (χ0v) is 16.1. The molecule has 0 spiro atoms. The van der Waals surface area contributed by atoms with Crippen LogP contribution in [0.5, 0.6) is 0 Å². The van der Waals surface area contributed by atoms with Crippen molar-refractivity contribution in [3.63, 3.8) is 0 Å². The highest BCUT2D eigenvalue weighted by atomic mass is 35.5. The first-order valence-electron chi connectivity index (χ1n) is 9.02. The quantitative estimate of drug-likeness (QED) is 0.805. The van der Waals surface area contributed by atoms with Gasteiger partial charge in [0.15, 0.2) is 5.82 Å². The fourth-order valence-corrected chi connectivity index (χ4v) is 3.35. The van der Waals surface area contributed by atoms with Crippen LogP contribution in [0, 0.1) is 11.8 Å². The van der Waals surface area contributed by atoms with Crippen LogP contribution in [0.1, 0.15) is 45.0 Å². The molecule has 26 heavy (non-hydrogen) atoms. The Labute approximate surface area is 160 Å². The third kappa shape index (κ3) is 5.29. The fourth-order valence-electron chi connectivity index (χ4n) is 3.35. The minimum absolute atomic E-state index is 0. The molecule has 2 N–H and O–H groups in total. The lowest BCUT2D eigenvalue weighted by Gasteiger charge is -2.28. The second kappa shape index (κ2) is 9.69. The fraction of sp³-hybridized carbons (Fsp3) is 0.526. The molecular formula is C19H27ClN4O2. The molecule has 1 saturated heterocycles. The SMILES string of the molecule is CC(NC(=O)CC(C)C1CCNCC1)c1noc(-c2ccccc2)n1.Cl. The van der Waals surface area contributed by atoms with E-state index in [1.807, 2.05) is 37.3 Å². The number of nitrogens with zero attached hydrogens (tertiary/aromatic N) is 2. The molecule has 2 atom stereocenters. The Morgan fingerprint density at radius 3 is 2.65 bits per heavy atom. The molecule has 7 heteroatoms. The molecule has 0 saturated carbocycles. The average Bonchev–Trinajstić information content (AvgIpc) is 3.13. The summed E-state index contributed by atoms with van der Waals surface area (Å²) in [4.78, 5) is 16.7. The number of amides is 1. The van der Waals surface area contributed by atoms with Crippen molar-refractivity contribution in [1.29, 1.82) is 0 Å². The van der Waals surface area contributed by atoms with Gasteiger partial charge in [-0.2, -0.15) is 4.98 Å². The molecule has 1 aromatic carbocycles. The van der Waals surface area contributed by atoms with Crippen molar-refractivity contribution in [3.8, 4) is 11.5 Å². The molecule has 1 fully saturated rings. The van der Waals surface area contributed by atoms with E-state index in [1.54, 1.807) is 0 Å². The van der Waals surface area contributed by atoms with Crippen molar-refractivity contribution in [2.24, 2.45) is 11.8 Å². The second-order valence-electron chi connectivity index (χ2n) is 6.88. The summed E-state index contributed by atoms with van der Waals surface area (Å²) in [7, 11) is 0. The van der Waals surface area contributed by atoms with Gasteiger partial charge in [0.1, 0.15) is 0 Å². The Morgan fingerprint density at radius 2 is 1.96 bits per heavy atom. The van der Waals surface area contributed by atoms with E-state index in [2.05, 4.69) is 27.7 Å². The van der Waals surface area contributed by atoms with Gasteiger partial charge in [0.25, 0.3) is 5.89 Å². The van der Waals surface area contributed by atoms with Gasteiger partial charge in [0.2, 0.25) is 5.91 Å². The van der Waals surface area contributed by atoms with E-state index in [-0.39, 0.29) is 24.4 Å². The van der Waals surface area contributed by atoms with E-state index in [0.717, 1.165) is 31.5 Å². The van der Waals surface area contributed by atoms with Gasteiger partial charge in [-0.15, -0.1) is 12.4 Å². The van der Waals surface area contributed by atoms with Crippen LogP contribution in [0.15, 0.2) is 34.9 Å². The summed E-state index contributed by atoms with van der Waals surface area (Å²) in [6.45, 7) is 6.16. The van der Waals surface area contributed by atoms with Crippen LogP contribution in [0.3, 0.4) is 0 Å². The number of benzene rings is 1. The van der Waals surface area contributed by atoms with Crippen LogP contribution in [0.4, 0.5) is 0 Å². The summed E-state index contributed by atoms with van der Waals surface area (Å²) in [6, 6.07) is 9.35. The average molecular weight is 379 g/mol. The third-order valence-corrected chi connectivity index (χ3v) is 4.92. The normalized spacial score (nSPS) is 17.2. The third-order valence-electron chi connectivity index (χ3n) is 4.92. The molecule has 1 aliphatic heterocycles. The Morgan fingerprint density at radius 1 is 1.27 bits per heavy atom. The van der Waals surface area contributed by atoms with E-state index in [9.17, 15) is 4.79 Å². The summed E-state index contributed by atoms with van der Waals surface area (Å²) < 4.78 is 5.31. The maximum absolute atomic E-state index is 12.3. The lowest BCUT2D eigenvalue weighted by atomic mass is 9.84. The van der Waals surface area contributed by atoms with Crippen molar-refractivity contribution >= 4 is 18.3 Å². The Bertz CT molecular complexity index is 686. The molecule has 1 aliphatic rings. The molecule has 2 unspecified atom stereocenters. The van der Waals surface area contributed by atoms with E-state index >= 15 is 0 Å². The summed E-state index contributed by atoms with van der Waals surface area (Å²) in [6.07, 6.45) is 2.84. The Balaban J connectivity index is 0.00000243. The number of piperidine rings is 1. The summed E-state index contributed by atoms with van der Waals surface area (Å²) in [5.74, 6) is 2.03. The summed E-state index contributed by atoms with van der Waals surface area (Å²) >= 11 is 0. The molecule has 0 bridgehead atoms. The van der Waals surface area contributed by atoms with Crippen molar-refractivity contribution in [2.45, 2.75) is 39.2 Å². The smallest absolute Gasteiger partial charge is 0.257 e. The lowest BCUT2D eigenvalue weighted by Crippen LogP contribution is -2.34. The number of hydrogen-bond donors (Lipinski definition) is 2. The number of aromatic nitrogens is 2. The first-order valence-corrected chi connectivity index (χ1v) is 9.02. The Kier molecular flexibility index (Phi) is 7.60. The van der Waals surface area contributed by atoms with Crippen LogP contribution in [0.2, 0.25) is 0 Å². The number of carbonyl (C=O) groups excluding carboxylic acids is 1. The topological polar surface area (TPSA) is 80.0 Å². The van der Waals surface area contributed by atoms with Crippen LogP contribution in [0.25, 0.3) is 11.5 Å². The minimum atomic E-state index is -0.270. The van der Waals surface area contributed by atoms with Crippen LogP contribution in [-0.2, 0) is 4.79 Å². The Hall–Kier alpha value is -1.92. The van der Waals surface area contributed by atoms with Gasteiger partial charge >= 0.3 is 0 Å². The predicted octanol–water partition coefficient (Wildman–Crippen LogP) is 3.36. The number of nitrogens with one attached hydrogen (secondary N) is 2. The summed E-state index contributed by atoms with van der Waals surface area (Å²) in [5, 5.41) is 10.4. The van der Waals surface area contributed by atoms with Crippen LogP contribution >= 0.6 is 12.4 Å². The molecule has 0 aliphatic carbocycles. The van der Waals surface area contributed by atoms with Gasteiger partial charge in [0, 0.05) is 12.0 Å². The molecule has 3 rings (SSSR count). The van der Waals surface area contributed by atoms with Crippen molar-refractivity contribution in [1.82, 2.24) is 20.8 Å². The van der Waals surface area contributed by atoms with Gasteiger partial charge in [-0.05, 0) is 56.8 Å². The largest absolute Gasteiger partial charge is 0.346 e. The molecule has 142 valence electrons. The van der Waals surface area contributed by atoms with Gasteiger partial charge in [0.05, 0.1) is 6.04 Å². The van der Waals surface area contributed by atoms with E-state index in [0.29, 0.717) is 30.0 Å². The van der Waals surface area contributed by atoms with Crippen molar-refractivity contribution in [2.75, 3.05) is 13.1 Å². The molecule has 1 aromatic heterocycles. The van der Waals surface area contributed by atoms with E-state index in [1.165, 1.54) is 0 Å². The number of rotatable bonds is 6. The first kappa shape index (κ1) is 20.4. The molecule has 0 radical (unpaired) electrons. The van der Waals surface area contributed by atoms with Gasteiger partial charge < -0.3 is 15.2 Å². The number of carbonyl (C=O) groups is 1. The molecule has 2 aromatic rings. The van der Waals surface area contributed by atoms with Gasteiger partial charge in [-0.1, -0.05) is 30.3 Å². The van der Waals surface area contributed by atoms with Crippen LogP contribution < -0.4 is 10.6 Å². The lowest BCUT2D eigenvalue weighted by molar-refractivity contribution is -0.123. The standard InChI is InChI=1S/C19H26N4O2.ClH/c1-13(15-8-10-20-11-9-15)12-17(24)21-14(2)18-22-19(25-23-18)16-6-4-3-5-7-16;/h3-7,13-15,20H,8-12H2,1-2H3,(H,21,24);1H. The van der Waals surface area contributed by atoms with Gasteiger partial charge in [-0.3, -0.25) is 4.79 Å². The molecule has 2 heterocycles. The molecular weight excluding hydrogens is 352 g/mol. The summed E-state index contributed by atoms with van der Waals surface area (Å²) in [5.41, 5.74) is 0.874. The second-order valence-corrected chi connectivity index (χ2v) is 6.88. The molecule has 6 nitrogen and oxygen atoms in total. The highest BCUT2D eigenvalue weighted by Gasteiger charge is 2.23. The number of halogens is 1. The van der Waals surface area contributed by atoms with E-state index in [4.69, 9.17) is 4.52 Å². The molecule has 1 amide bonds. The van der Waals surface area contributed by atoms with Gasteiger partial charge in [-0.25, -0.2) is 0 Å².